The predicted octanol–water partition coefficient (Wildman–Crippen LogP) is 4.06. The molecule has 106 valence electrons. The van der Waals surface area contributed by atoms with Gasteiger partial charge in [-0.3, -0.25) is 0 Å². The van der Waals surface area contributed by atoms with Crippen LogP contribution in [0.1, 0.15) is 26.1 Å². The molecular weight excluding hydrogens is 290 g/mol. The molecule has 2 aromatic rings. The maximum absolute atomic E-state index is 6.30. The van der Waals surface area contributed by atoms with Crippen molar-refractivity contribution < 1.29 is 0 Å². The van der Waals surface area contributed by atoms with Crippen molar-refractivity contribution in [2.45, 2.75) is 38.0 Å². The molecule has 0 aliphatic carbocycles. The van der Waals surface area contributed by atoms with Gasteiger partial charge in [-0.15, -0.1) is 10.2 Å². The third-order valence-electron chi connectivity index (χ3n) is 3.99. The lowest BCUT2D eigenvalue weighted by atomic mass is 10.0. The first-order valence-electron chi connectivity index (χ1n) is 6.94. The molecular formula is C15H18ClN3S. The number of thioether (sulfide) groups is 1. The van der Waals surface area contributed by atoms with Crippen LogP contribution >= 0.6 is 23.4 Å². The summed E-state index contributed by atoms with van der Waals surface area (Å²) in [6.07, 6.45) is 2.11. The monoisotopic (exact) mass is 307 g/mol. The van der Waals surface area contributed by atoms with E-state index in [1.807, 2.05) is 36.0 Å². The van der Waals surface area contributed by atoms with E-state index in [-0.39, 0.29) is 4.75 Å². The molecule has 1 atom stereocenters. The molecule has 1 aromatic heterocycles. The highest BCUT2D eigenvalue weighted by Crippen LogP contribution is 2.36. The van der Waals surface area contributed by atoms with Crippen LogP contribution in [0.2, 0.25) is 5.02 Å². The number of benzene rings is 1. The highest BCUT2D eigenvalue weighted by atomic mass is 35.5. The average molecular weight is 308 g/mol. The molecule has 1 aliphatic heterocycles. The number of hydrogen-bond acceptors (Lipinski definition) is 3. The van der Waals surface area contributed by atoms with Gasteiger partial charge in [0.1, 0.15) is 5.82 Å². The summed E-state index contributed by atoms with van der Waals surface area (Å²) in [5.74, 6) is 3.06. The second-order valence-corrected chi connectivity index (χ2v) is 7.49. The van der Waals surface area contributed by atoms with Gasteiger partial charge in [-0.05, 0) is 18.6 Å². The summed E-state index contributed by atoms with van der Waals surface area (Å²) in [7, 11) is 0. The van der Waals surface area contributed by atoms with Crippen LogP contribution in [0.25, 0.3) is 11.4 Å². The number of nitrogens with zero attached hydrogens (tertiary/aromatic N) is 3. The molecule has 20 heavy (non-hydrogen) atoms. The Kier molecular flexibility index (Phi) is 3.78. The van der Waals surface area contributed by atoms with Crippen LogP contribution in [-0.4, -0.2) is 25.3 Å². The normalized spacial score (nSPS) is 22.4. The zero-order valence-electron chi connectivity index (χ0n) is 11.8. The Morgan fingerprint density at radius 2 is 2.15 bits per heavy atom. The van der Waals surface area contributed by atoms with Crippen LogP contribution in [0, 0.1) is 0 Å². The van der Waals surface area contributed by atoms with E-state index in [0.29, 0.717) is 0 Å². The number of aromatic nitrogens is 3. The quantitative estimate of drug-likeness (QED) is 0.838. The molecule has 0 bridgehead atoms. The van der Waals surface area contributed by atoms with E-state index < -0.39 is 0 Å². The molecule has 2 heterocycles. The van der Waals surface area contributed by atoms with E-state index in [0.717, 1.165) is 47.4 Å². The largest absolute Gasteiger partial charge is 0.310 e. The molecule has 3 nitrogen and oxygen atoms in total. The smallest absolute Gasteiger partial charge is 0.165 e. The minimum atomic E-state index is 0.263. The second-order valence-electron chi connectivity index (χ2n) is 5.40. The van der Waals surface area contributed by atoms with Crippen LogP contribution in [0.4, 0.5) is 0 Å². The first kappa shape index (κ1) is 14.0. The third kappa shape index (κ3) is 2.47. The molecule has 1 aromatic carbocycles. The van der Waals surface area contributed by atoms with Gasteiger partial charge in [0.25, 0.3) is 0 Å². The van der Waals surface area contributed by atoms with Gasteiger partial charge in [0, 0.05) is 29.0 Å². The Morgan fingerprint density at radius 1 is 1.35 bits per heavy atom. The van der Waals surface area contributed by atoms with E-state index in [2.05, 4.69) is 28.6 Å². The fourth-order valence-electron chi connectivity index (χ4n) is 2.54. The topological polar surface area (TPSA) is 30.7 Å². The lowest BCUT2D eigenvalue weighted by Crippen LogP contribution is -2.22. The molecule has 0 saturated heterocycles. The standard InChI is InChI=1S/C15H18ClN3S/c1-3-15(2)10-13-17-18-14(19(13)8-9-20-15)11-6-4-5-7-12(11)16/h4-7H,3,8-10H2,1-2H3. The molecule has 0 fully saturated rings. The first-order valence-corrected chi connectivity index (χ1v) is 8.30. The summed E-state index contributed by atoms with van der Waals surface area (Å²) >= 11 is 8.33. The van der Waals surface area contributed by atoms with Gasteiger partial charge in [0.2, 0.25) is 0 Å². The molecule has 0 amide bonds. The Labute approximate surface area is 128 Å². The fraction of sp³-hybridized carbons (Fsp3) is 0.467. The van der Waals surface area contributed by atoms with Gasteiger partial charge < -0.3 is 4.57 Å². The number of halogens is 1. The Bertz CT molecular complexity index is 625. The van der Waals surface area contributed by atoms with Crippen molar-refractivity contribution in [3.63, 3.8) is 0 Å². The zero-order chi connectivity index (χ0) is 14.2. The van der Waals surface area contributed by atoms with Crippen LogP contribution in [0.15, 0.2) is 24.3 Å². The van der Waals surface area contributed by atoms with Gasteiger partial charge in [0.15, 0.2) is 5.82 Å². The van der Waals surface area contributed by atoms with Crippen LogP contribution < -0.4 is 0 Å². The maximum Gasteiger partial charge on any atom is 0.165 e. The molecule has 0 N–H and O–H groups in total. The SMILES string of the molecule is CCC1(C)Cc2nnc(-c3ccccc3Cl)n2CCS1. The summed E-state index contributed by atoms with van der Waals surface area (Å²) in [4.78, 5) is 0. The number of rotatable bonds is 2. The van der Waals surface area contributed by atoms with Crippen molar-refractivity contribution in [1.29, 1.82) is 0 Å². The fourth-order valence-corrected chi connectivity index (χ4v) is 3.96. The summed E-state index contributed by atoms with van der Waals surface area (Å²) in [6, 6.07) is 7.84. The van der Waals surface area contributed by atoms with Crippen LogP contribution in [0.3, 0.4) is 0 Å². The molecule has 1 aliphatic rings. The van der Waals surface area contributed by atoms with Crippen molar-refractivity contribution in [3.8, 4) is 11.4 Å². The van der Waals surface area contributed by atoms with Crippen LogP contribution in [0.5, 0.6) is 0 Å². The summed E-state index contributed by atoms with van der Waals surface area (Å²) < 4.78 is 2.49. The Balaban J connectivity index is 2.04. The van der Waals surface area contributed by atoms with Crippen molar-refractivity contribution in [3.05, 3.63) is 35.1 Å². The van der Waals surface area contributed by atoms with Gasteiger partial charge in [0.05, 0.1) is 5.02 Å². The highest BCUT2D eigenvalue weighted by molar-refractivity contribution is 8.00. The van der Waals surface area contributed by atoms with E-state index in [9.17, 15) is 0 Å². The summed E-state index contributed by atoms with van der Waals surface area (Å²) in [5.41, 5.74) is 0.970. The molecule has 0 saturated carbocycles. The van der Waals surface area contributed by atoms with Crippen molar-refractivity contribution >= 4 is 23.4 Å². The summed E-state index contributed by atoms with van der Waals surface area (Å²) in [6.45, 7) is 5.51. The van der Waals surface area contributed by atoms with Gasteiger partial charge in [-0.2, -0.15) is 11.8 Å². The molecule has 1 unspecified atom stereocenters. The lowest BCUT2D eigenvalue weighted by Gasteiger charge is -2.24. The molecule has 0 spiro atoms. The zero-order valence-corrected chi connectivity index (χ0v) is 13.3. The van der Waals surface area contributed by atoms with E-state index in [1.54, 1.807) is 0 Å². The average Bonchev–Trinajstić information content (AvgIpc) is 2.74. The van der Waals surface area contributed by atoms with Gasteiger partial charge in [-0.1, -0.05) is 37.6 Å². The van der Waals surface area contributed by atoms with Crippen molar-refractivity contribution in [2.75, 3.05) is 5.75 Å². The predicted molar refractivity (Wildman–Crippen MR) is 85.3 cm³/mol. The van der Waals surface area contributed by atoms with Gasteiger partial charge >= 0.3 is 0 Å². The van der Waals surface area contributed by atoms with Crippen LogP contribution in [-0.2, 0) is 13.0 Å². The first-order chi connectivity index (χ1) is 9.63. The minimum Gasteiger partial charge on any atom is -0.310 e. The van der Waals surface area contributed by atoms with E-state index in [1.165, 1.54) is 0 Å². The van der Waals surface area contributed by atoms with Crippen molar-refractivity contribution in [1.82, 2.24) is 14.8 Å². The van der Waals surface area contributed by atoms with Crippen molar-refractivity contribution in [2.24, 2.45) is 0 Å². The Hall–Kier alpha value is -1.000. The Morgan fingerprint density at radius 3 is 2.90 bits per heavy atom. The molecule has 3 rings (SSSR count). The number of hydrogen-bond donors (Lipinski definition) is 0. The lowest BCUT2D eigenvalue weighted by molar-refractivity contribution is 0.586. The second kappa shape index (κ2) is 5.41. The third-order valence-corrected chi connectivity index (χ3v) is 5.83. The maximum atomic E-state index is 6.30. The van der Waals surface area contributed by atoms with Gasteiger partial charge in [-0.25, -0.2) is 0 Å². The van der Waals surface area contributed by atoms with E-state index in [4.69, 9.17) is 11.6 Å². The molecule has 0 radical (unpaired) electrons. The summed E-state index contributed by atoms with van der Waals surface area (Å²) in [5, 5.41) is 9.54. The minimum absolute atomic E-state index is 0.263. The number of fused-ring (bicyclic) bond motifs is 1. The van der Waals surface area contributed by atoms with E-state index >= 15 is 0 Å². The highest BCUT2D eigenvalue weighted by Gasteiger charge is 2.30. The molecule has 5 heteroatoms.